The van der Waals surface area contributed by atoms with E-state index in [4.69, 9.17) is 11.6 Å². The maximum absolute atomic E-state index is 10.5. The lowest BCUT2D eigenvalue weighted by molar-refractivity contribution is 0.175. The van der Waals surface area contributed by atoms with Gasteiger partial charge < -0.3 is 5.11 Å². The van der Waals surface area contributed by atoms with Gasteiger partial charge in [0.1, 0.15) is 0 Å². The predicted octanol–water partition coefficient (Wildman–Crippen LogP) is 4.04. The van der Waals surface area contributed by atoms with E-state index in [2.05, 4.69) is 21.0 Å². The highest BCUT2D eigenvalue weighted by molar-refractivity contribution is 9.10. The molecule has 0 amide bonds. The lowest BCUT2D eigenvalue weighted by atomic mass is 10.00. The summed E-state index contributed by atoms with van der Waals surface area (Å²) in [4.78, 5) is 0. The Kier molecular flexibility index (Phi) is 4.57. The van der Waals surface area contributed by atoms with E-state index < -0.39 is 6.10 Å². The number of benzene rings is 1. The first-order chi connectivity index (χ1) is 9.31. The van der Waals surface area contributed by atoms with Crippen molar-refractivity contribution >= 4 is 27.5 Å². The van der Waals surface area contributed by atoms with Crippen LogP contribution in [0.1, 0.15) is 34.2 Å². The smallest absolute Gasteiger partial charge is 0.0848 e. The largest absolute Gasteiger partial charge is 0.388 e. The van der Waals surface area contributed by atoms with E-state index >= 15 is 0 Å². The molecular formula is C15H18BrClN2O. The zero-order valence-electron chi connectivity index (χ0n) is 12.0. The summed E-state index contributed by atoms with van der Waals surface area (Å²) in [5, 5.41) is 15.4. The molecule has 0 radical (unpaired) electrons. The number of hydrogen-bond donors (Lipinski definition) is 1. The molecule has 0 aliphatic carbocycles. The molecule has 2 aromatic rings. The highest BCUT2D eigenvalue weighted by Crippen LogP contribution is 2.29. The topological polar surface area (TPSA) is 38.1 Å². The van der Waals surface area contributed by atoms with Crippen molar-refractivity contribution < 1.29 is 5.11 Å². The van der Waals surface area contributed by atoms with Crippen LogP contribution in [0.5, 0.6) is 0 Å². The average Bonchev–Trinajstić information content (AvgIpc) is 2.62. The molecule has 0 saturated heterocycles. The molecule has 0 aliphatic heterocycles. The summed E-state index contributed by atoms with van der Waals surface area (Å²) in [6.45, 7) is 5.91. The Morgan fingerprint density at radius 2 is 1.85 bits per heavy atom. The van der Waals surface area contributed by atoms with Crippen LogP contribution in [0.3, 0.4) is 0 Å². The van der Waals surface area contributed by atoms with E-state index in [9.17, 15) is 5.11 Å². The summed E-state index contributed by atoms with van der Waals surface area (Å²) in [6, 6.07) is 4.00. The first-order valence-electron chi connectivity index (χ1n) is 6.44. The second kappa shape index (κ2) is 5.88. The number of rotatable bonds is 3. The van der Waals surface area contributed by atoms with Gasteiger partial charge >= 0.3 is 0 Å². The fourth-order valence-corrected chi connectivity index (χ4v) is 2.84. The summed E-state index contributed by atoms with van der Waals surface area (Å²) in [5.41, 5.74) is 4.78. The Morgan fingerprint density at radius 3 is 2.30 bits per heavy atom. The highest BCUT2D eigenvalue weighted by Gasteiger charge is 2.17. The molecule has 20 heavy (non-hydrogen) atoms. The van der Waals surface area contributed by atoms with Crippen LogP contribution in [0.25, 0.3) is 0 Å². The summed E-state index contributed by atoms with van der Waals surface area (Å²) in [5.74, 6) is 0. The van der Waals surface area contributed by atoms with Crippen LogP contribution in [-0.2, 0) is 13.5 Å². The second-order valence-corrected chi connectivity index (χ2v) is 6.33. The molecule has 1 aromatic carbocycles. The van der Waals surface area contributed by atoms with Gasteiger partial charge in [-0.05, 0) is 37.5 Å². The lowest BCUT2D eigenvalue weighted by Gasteiger charge is -2.14. The molecule has 1 aromatic heterocycles. The minimum absolute atomic E-state index is 0.455. The van der Waals surface area contributed by atoms with E-state index in [0.717, 1.165) is 32.6 Å². The van der Waals surface area contributed by atoms with Gasteiger partial charge in [0.05, 0.1) is 22.5 Å². The average molecular weight is 358 g/mol. The van der Waals surface area contributed by atoms with Crippen molar-refractivity contribution in [3.63, 3.8) is 0 Å². The van der Waals surface area contributed by atoms with Crippen LogP contribution >= 0.6 is 27.5 Å². The Bertz CT molecular complexity index is 629. The van der Waals surface area contributed by atoms with Gasteiger partial charge in [0, 0.05) is 17.9 Å². The number of nitrogens with zero attached hydrogens (tertiary/aromatic N) is 2. The van der Waals surface area contributed by atoms with E-state index in [1.54, 1.807) is 4.68 Å². The van der Waals surface area contributed by atoms with Gasteiger partial charge in [0.2, 0.25) is 0 Å². The summed E-state index contributed by atoms with van der Waals surface area (Å²) in [6.07, 6.45) is -0.135. The SMILES string of the molecule is Cc1cc(C(O)Cc2c(Cl)c(C)nn2C)cc(C)c1Br. The number of aliphatic hydroxyl groups is 1. The van der Waals surface area contributed by atoms with E-state index in [-0.39, 0.29) is 0 Å². The first-order valence-corrected chi connectivity index (χ1v) is 7.61. The summed E-state index contributed by atoms with van der Waals surface area (Å²) in [7, 11) is 1.85. The molecule has 5 heteroatoms. The minimum Gasteiger partial charge on any atom is -0.388 e. The number of aliphatic hydroxyl groups excluding tert-OH is 1. The Balaban J connectivity index is 2.31. The van der Waals surface area contributed by atoms with Gasteiger partial charge in [-0.2, -0.15) is 5.10 Å². The van der Waals surface area contributed by atoms with E-state index in [1.807, 2.05) is 40.0 Å². The molecule has 0 bridgehead atoms. The molecule has 0 fully saturated rings. The quantitative estimate of drug-likeness (QED) is 0.900. The molecule has 1 heterocycles. The molecular weight excluding hydrogens is 340 g/mol. The molecule has 1 unspecified atom stereocenters. The third kappa shape index (κ3) is 2.92. The van der Waals surface area contributed by atoms with Crippen LogP contribution in [0.4, 0.5) is 0 Å². The van der Waals surface area contributed by atoms with Gasteiger partial charge in [-0.3, -0.25) is 4.68 Å². The molecule has 2 rings (SSSR count). The van der Waals surface area contributed by atoms with E-state index in [0.29, 0.717) is 11.4 Å². The van der Waals surface area contributed by atoms with Crippen molar-refractivity contribution in [2.24, 2.45) is 7.05 Å². The van der Waals surface area contributed by atoms with E-state index in [1.165, 1.54) is 0 Å². The summed E-state index contributed by atoms with van der Waals surface area (Å²) >= 11 is 9.77. The lowest BCUT2D eigenvalue weighted by Crippen LogP contribution is -2.07. The van der Waals surface area contributed by atoms with Crippen molar-refractivity contribution in [1.82, 2.24) is 9.78 Å². The molecule has 0 saturated carbocycles. The van der Waals surface area contributed by atoms with Gasteiger partial charge in [-0.1, -0.05) is 39.7 Å². The second-order valence-electron chi connectivity index (χ2n) is 5.16. The number of aromatic nitrogens is 2. The number of hydrogen-bond acceptors (Lipinski definition) is 2. The zero-order chi connectivity index (χ0) is 15.0. The van der Waals surface area contributed by atoms with Crippen molar-refractivity contribution in [1.29, 1.82) is 0 Å². The van der Waals surface area contributed by atoms with Crippen molar-refractivity contribution in [3.05, 3.63) is 49.7 Å². The predicted molar refractivity (Wildman–Crippen MR) is 85.2 cm³/mol. The third-order valence-corrected chi connectivity index (χ3v) is 5.23. The minimum atomic E-state index is -0.590. The van der Waals surface area contributed by atoms with Gasteiger partial charge in [-0.25, -0.2) is 0 Å². The highest BCUT2D eigenvalue weighted by atomic mass is 79.9. The maximum Gasteiger partial charge on any atom is 0.0848 e. The third-order valence-electron chi connectivity index (χ3n) is 3.49. The normalized spacial score (nSPS) is 12.8. The molecule has 3 nitrogen and oxygen atoms in total. The molecule has 108 valence electrons. The van der Waals surface area contributed by atoms with Gasteiger partial charge in [0.25, 0.3) is 0 Å². The van der Waals surface area contributed by atoms with Crippen molar-refractivity contribution in [2.75, 3.05) is 0 Å². The molecule has 1 atom stereocenters. The Labute approximate surface area is 132 Å². The monoisotopic (exact) mass is 356 g/mol. The summed E-state index contributed by atoms with van der Waals surface area (Å²) < 4.78 is 2.82. The standard InChI is InChI=1S/C15H18BrClN2O/c1-8-5-11(6-9(2)14(8)16)13(20)7-12-15(17)10(3)18-19(12)4/h5-6,13,20H,7H2,1-4H3. The van der Waals surface area contributed by atoms with Crippen LogP contribution in [-0.4, -0.2) is 14.9 Å². The van der Waals surface area contributed by atoms with Crippen molar-refractivity contribution in [3.8, 4) is 0 Å². The van der Waals surface area contributed by atoms with Crippen LogP contribution in [0, 0.1) is 20.8 Å². The van der Waals surface area contributed by atoms with Crippen LogP contribution in [0.2, 0.25) is 5.02 Å². The Hall–Kier alpha value is -0.840. The Morgan fingerprint density at radius 1 is 1.30 bits per heavy atom. The maximum atomic E-state index is 10.5. The molecule has 1 N–H and O–H groups in total. The number of aryl methyl sites for hydroxylation is 4. The fraction of sp³-hybridized carbons (Fsp3) is 0.400. The van der Waals surface area contributed by atoms with Crippen LogP contribution in [0.15, 0.2) is 16.6 Å². The molecule has 0 aliphatic rings. The molecule has 0 spiro atoms. The van der Waals surface area contributed by atoms with Crippen molar-refractivity contribution in [2.45, 2.75) is 33.3 Å². The fourth-order valence-electron chi connectivity index (χ4n) is 2.37. The zero-order valence-corrected chi connectivity index (χ0v) is 14.4. The van der Waals surface area contributed by atoms with Crippen LogP contribution < -0.4 is 0 Å². The van der Waals surface area contributed by atoms with Gasteiger partial charge in [-0.15, -0.1) is 0 Å². The first kappa shape index (κ1) is 15.5. The number of halogens is 2. The van der Waals surface area contributed by atoms with Gasteiger partial charge in [0.15, 0.2) is 0 Å².